The van der Waals surface area contributed by atoms with Gasteiger partial charge in [0.05, 0.1) is 0 Å². The van der Waals surface area contributed by atoms with Gasteiger partial charge in [0.25, 0.3) is 0 Å². The minimum Gasteiger partial charge on any atom is -0.184 e. The van der Waals surface area contributed by atoms with Crippen LogP contribution in [-0.4, -0.2) is 6.88 Å². The van der Waals surface area contributed by atoms with Crippen LogP contribution >= 0.6 is 24.8 Å². The zero-order chi connectivity index (χ0) is 13.3. The van der Waals surface area contributed by atoms with Gasteiger partial charge in [-0.05, 0) is 0 Å². The molecule has 0 spiro atoms. The van der Waals surface area contributed by atoms with Crippen molar-refractivity contribution in [2.45, 2.75) is 12.8 Å². The Hall–Kier alpha value is -0.140. The first kappa shape index (κ1) is 28.9. The van der Waals surface area contributed by atoms with Crippen molar-refractivity contribution >= 4 is 31.7 Å². The summed E-state index contributed by atoms with van der Waals surface area (Å²) in [7, 11) is 0. The molecule has 0 N–H and O–H groups in total. The van der Waals surface area contributed by atoms with Gasteiger partial charge in [0.1, 0.15) is 0 Å². The Kier molecular flexibility index (Phi) is 38.7. The van der Waals surface area contributed by atoms with Gasteiger partial charge >= 0.3 is 30.2 Å². The quantitative estimate of drug-likeness (QED) is 0.432. The SMILES string of the molecule is Cl.Cl.[C-]1=CC=CC1.[C-]1=CC=CC1.[CH3-].[SiH2]=[Zr].[c-]1ccccc1. The van der Waals surface area contributed by atoms with Crippen molar-refractivity contribution < 1.29 is 23.3 Å². The normalized spacial score (nSPS) is 10.8. The fourth-order valence-electron chi connectivity index (χ4n) is 1.02. The zero-order valence-corrected chi connectivity index (χ0v) is 17.8. The van der Waals surface area contributed by atoms with Crippen molar-refractivity contribution in [1.29, 1.82) is 0 Å². The van der Waals surface area contributed by atoms with E-state index >= 15 is 0 Å². The van der Waals surface area contributed by atoms with Crippen LogP contribution in [0.15, 0.2) is 66.8 Å². The molecule has 0 amide bonds. The number of hydrogen-bond donors (Lipinski definition) is 0. The van der Waals surface area contributed by atoms with E-state index in [0.717, 1.165) is 12.8 Å². The van der Waals surface area contributed by atoms with Crippen molar-refractivity contribution in [2.75, 3.05) is 0 Å². The third kappa shape index (κ3) is 25.2. The summed E-state index contributed by atoms with van der Waals surface area (Å²) in [4.78, 5) is 0. The molecule has 0 saturated heterocycles. The van der Waals surface area contributed by atoms with Gasteiger partial charge in [0, 0.05) is 0 Å². The van der Waals surface area contributed by atoms with Crippen LogP contribution in [-0.2, 0) is 23.3 Å². The van der Waals surface area contributed by atoms with Crippen molar-refractivity contribution in [3.8, 4) is 0 Å². The van der Waals surface area contributed by atoms with Crippen LogP contribution in [0.2, 0.25) is 0 Å². The van der Waals surface area contributed by atoms with Gasteiger partial charge < -0.3 is 7.43 Å². The zero-order valence-electron chi connectivity index (χ0n) is 12.3. The molecule has 0 bridgehead atoms. The fourth-order valence-corrected chi connectivity index (χ4v) is 1.02. The summed E-state index contributed by atoms with van der Waals surface area (Å²) in [6.07, 6.45) is 20.0. The summed E-state index contributed by atoms with van der Waals surface area (Å²) in [6.45, 7) is 1.95. The van der Waals surface area contributed by atoms with E-state index in [0.29, 0.717) is 0 Å². The van der Waals surface area contributed by atoms with E-state index in [2.05, 4.69) is 30.4 Å². The fraction of sp³-hybridized carbons (Fsp3) is 0.118. The van der Waals surface area contributed by atoms with Crippen LogP contribution < -0.4 is 0 Å². The van der Waals surface area contributed by atoms with Crippen molar-refractivity contribution in [3.63, 3.8) is 0 Å². The smallest absolute Gasteiger partial charge is 0.171 e. The Bertz CT molecular complexity index is 318. The van der Waals surface area contributed by atoms with Gasteiger partial charge in [-0.15, -0.1) is 37.7 Å². The molecule has 0 aromatic heterocycles. The van der Waals surface area contributed by atoms with E-state index in [1.807, 2.05) is 61.5 Å². The number of hydrogen-bond acceptors (Lipinski definition) is 0. The minimum atomic E-state index is 0. The van der Waals surface area contributed by atoms with Crippen molar-refractivity contribution in [1.82, 2.24) is 0 Å². The number of halogens is 2. The third-order valence-electron chi connectivity index (χ3n) is 1.78. The molecule has 1 aromatic rings. The summed E-state index contributed by atoms with van der Waals surface area (Å²) in [5, 5.41) is 0. The Balaban J connectivity index is -0.0000000916. The first-order valence-corrected chi connectivity index (χ1v) is 11.6. The van der Waals surface area contributed by atoms with Crippen LogP contribution in [0.3, 0.4) is 0 Å². The molecule has 116 valence electrons. The molecule has 0 fully saturated rings. The molecule has 2 aliphatic carbocycles. The molecule has 3 rings (SSSR count). The van der Waals surface area contributed by atoms with E-state index in [-0.39, 0.29) is 32.2 Å². The van der Waals surface area contributed by atoms with Gasteiger partial charge in [-0.25, -0.2) is 24.3 Å². The molecule has 0 nitrogen and oxygen atoms in total. The summed E-state index contributed by atoms with van der Waals surface area (Å²) >= 11 is 1.58. The number of allylic oxidation sites excluding steroid dienone is 8. The second-order valence-electron chi connectivity index (χ2n) is 3.08. The van der Waals surface area contributed by atoms with Gasteiger partial charge in [-0.1, -0.05) is 0 Å². The number of benzene rings is 1. The average molecular weight is 417 g/mol. The van der Waals surface area contributed by atoms with Crippen LogP contribution in [0.4, 0.5) is 0 Å². The van der Waals surface area contributed by atoms with Crippen LogP contribution in [0.1, 0.15) is 12.8 Å². The van der Waals surface area contributed by atoms with E-state index in [1.165, 1.54) is 0 Å². The van der Waals surface area contributed by atoms with E-state index in [4.69, 9.17) is 0 Å². The van der Waals surface area contributed by atoms with Crippen molar-refractivity contribution in [2.24, 2.45) is 0 Å². The van der Waals surface area contributed by atoms with Crippen molar-refractivity contribution in [3.05, 3.63) is 92.4 Å². The summed E-state index contributed by atoms with van der Waals surface area (Å²) in [6, 6.07) is 12.5. The van der Waals surface area contributed by atoms with Gasteiger partial charge in [0.15, 0.2) is 0 Å². The maximum atomic E-state index is 2.99. The maximum absolute atomic E-state index is 2.99. The Labute approximate surface area is 159 Å². The monoisotopic (exact) mass is 414 g/mol. The van der Waals surface area contributed by atoms with Crippen LogP contribution in [0.5, 0.6) is 0 Å². The Morgan fingerprint density at radius 1 is 0.762 bits per heavy atom. The molecule has 2 aliphatic rings. The largest absolute Gasteiger partial charge is 0.184 e. The molecule has 0 aliphatic heterocycles. The third-order valence-corrected chi connectivity index (χ3v) is 1.78. The Morgan fingerprint density at radius 3 is 1.29 bits per heavy atom. The summed E-state index contributed by atoms with van der Waals surface area (Å²) in [5.74, 6) is 0. The summed E-state index contributed by atoms with van der Waals surface area (Å²) < 4.78 is 0. The van der Waals surface area contributed by atoms with Crippen LogP contribution in [0, 0.1) is 25.6 Å². The molecule has 0 radical (unpaired) electrons. The molecule has 21 heavy (non-hydrogen) atoms. The molecular weight excluding hydrogens is 394 g/mol. The average Bonchev–Trinajstić information content (AvgIpc) is 3.21. The maximum Gasteiger partial charge on any atom is -0.171 e. The van der Waals surface area contributed by atoms with E-state index in [9.17, 15) is 0 Å². The van der Waals surface area contributed by atoms with Gasteiger partial charge in [-0.2, -0.15) is 48.6 Å². The van der Waals surface area contributed by atoms with Gasteiger partial charge in [0.2, 0.25) is 0 Å². The Morgan fingerprint density at radius 2 is 1.19 bits per heavy atom. The molecular formula is C17H22Cl2SiZr-4. The first-order valence-electron chi connectivity index (χ1n) is 5.70. The predicted octanol–water partition coefficient (Wildman–Crippen LogP) is 4.47. The van der Waals surface area contributed by atoms with E-state index < -0.39 is 0 Å². The first-order chi connectivity index (χ1) is 9.00. The van der Waals surface area contributed by atoms with Crippen LogP contribution in [0.25, 0.3) is 0 Å². The molecule has 4 heteroatoms. The standard InChI is InChI=1S/C6H5.2C5H5.CH3.2ClH.H2Si.Zr/c1-2-4-6-5-3-1;2*1-2-4-5-3-1;;;;;/h1-5H;2*1-3H,4H2;1H3;2*1H;1H2;/q4*-1;;;;. The minimum absolute atomic E-state index is 0. The molecule has 0 atom stereocenters. The number of rotatable bonds is 0. The molecule has 0 saturated carbocycles. The second kappa shape index (κ2) is 28.1. The van der Waals surface area contributed by atoms with Gasteiger partial charge in [-0.3, -0.25) is 12.2 Å². The topological polar surface area (TPSA) is 0 Å². The predicted molar refractivity (Wildman–Crippen MR) is 97.9 cm³/mol. The molecule has 0 heterocycles. The summed E-state index contributed by atoms with van der Waals surface area (Å²) in [5.41, 5.74) is 0. The second-order valence-corrected chi connectivity index (χ2v) is 3.08. The van der Waals surface area contributed by atoms with E-state index in [1.54, 1.807) is 23.3 Å². The molecule has 0 unspecified atom stereocenters. The molecule has 1 aromatic carbocycles.